The molecule has 5 nitrogen and oxygen atoms in total. The fourth-order valence-electron chi connectivity index (χ4n) is 0.640. The predicted molar refractivity (Wildman–Crippen MR) is 43.0 cm³/mol. The third-order valence-electron chi connectivity index (χ3n) is 1.29. The molecule has 0 fully saturated rings. The predicted octanol–water partition coefficient (Wildman–Crippen LogP) is -0.661. The lowest BCUT2D eigenvalue weighted by atomic mass is 10.5. The van der Waals surface area contributed by atoms with Crippen LogP contribution in [0.5, 0.6) is 0 Å². The average molecular weight is 187 g/mol. The zero-order valence-electron chi connectivity index (χ0n) is 6.56. The molecule has 0 aliphatic carbocycles. The molecule has 0 saturated heterocycles. The van der Waals surface area contributed by atoms with Gasteiger partial charge in [-0.25, -0.2) is 18.4 Å². The van der Waals surface area contributed by atoms with Crippen molar-refractivity contribution in [3.8, 4) is 0 Å². The summed E-state index contributed by atoms with van der Waals surface area (Å²) in [5.41, 5.74) is 5.23. The van der Waals surface area contributed by atoms with Gasteiger partial charge in [0.1, 0.15) is 10.7 Å². The summed E-state index contributed by atoms with van der Waals surface area (Å²) in [6.45, 7) is 0.212. The molecule has 0 aliphatic heterocycles. The molecular formula is C6H9N3O2S. The molecule has 0 aromatic carbocycles. The zero-order valence-corrected chi connectivity index (χ0v) is 7.37. The number of hydrogen-bond donors (Lipinski definition) is 1. The van der Waals surface area contributed by atoms with Gasteiger partial charge in [-0.1, -0.05) is 0 Å². The molecule has 1 heterocycles. The van der Waals surface area contributed by atoms with Crippen LogP contribution in [0.3, 0.4) is 0 Å². The fourth-order valence-corrected chi connectivity index (χ4v) is 1.13. The second kappa shape index (κ2) is 3.16. The first-order valence-corrected chi connectivity index (χ1v) is 5.14. The van der Waals surface area contributed by atoms with E-state index in [1.54, 1.807) is 0 Å². The Hall–Kier alpha value is -1.01. The van der Waals surface area contributed by atoms with Crippen LogP contribution in [0.2, 0.25) is 0 Å². The Morgan fingerprint density at radius 2 is 1.92 bits per heavy atom. The summed E-state index contributed by atoms with van der Waals surface area (Å²) < 4.78 is 21.8. The minimum atomic E-state index is -3.19. The molecule has 0 radical (unpaired) electrons. The van der Waals surface area contributed by atoms with Gasteiger partial charge in [0, 0.05) is 18.6 Å². The van der Waals surface area contributed by atoms with E-state index in [9.17, 15) is 8.42 Å². The zero-order chi connectivity index (χ0) is 9.19. The summed E-state index contributed by atoms with van der Waals surface area (Å²) in [4.78, 5) is 7.61. The molecule has 0 saturated carbocycles. The molecule has 1 aromatic heterocycles. The number of aromatic nitrogens is 2. The van der Waals surface area contributed by atoms with Crippen molar-refractivity contribution in [2.75, 3.05) is 6.26 Å². The van der Waals surface area contributed by atoms with Crippen molar-refractivity contribution in [2.45, 2.75) is 11.4 Å². The summed E-state index contributed by atoms with van der Waals surface area (Å²) in [6, 6.07) is 0. The number of hydrogen-bond acceptors (Lipinski definition) is 5. The fraction of sp³-hybridized carbons (Fsp3) is 0.333. The minimum Gasteiger partial charge on any atom is -0.324 e. The van der Waals surface area contributed by atoms with Crippen molar-refractivity contribution < 1.29 is 8.42 Å². The van der Waals surface area contributed by atoms with Crippen molar-refractivity contribution in [1.29, 1.82) is 0 Å². The SMILES string of the molecule is CS(=O)(=O)c1cnc(CN)nc1. The topological polar surface area (TPSA) is 85.9 Å². The van der Waals surface area contributed by atoms with Crippen LogP contribution in [-0.2, 0) is 16.4 Å². The molecule has 0 unspecified atom stereocenters. The van der Waals surface area contributed by atoms with E-state index in [-0.39, 0.29) is 11.4 Å². The maximum absolute atomic E-state index is 10.9. The Morgan fingerprint density at radius 3 is 2.25 bits per heavy atom. The van der Waals surface area contributed by atoms with E-state index in [0.29, 0.717) is 5.82 Å². The van der Waals surface area contributed by atoms with Crippen molar-refractivity contribution >= 4 is 9.84 Å². The van der Waals surface area contributed by atoms with Crippen LogP contribution in [0.15, 0.2) is 17.3 Å². The Balaban J connectivity index is 3.09. The van der Waals surface area contributed by atoms with Crippen LogP contribution < -0.4 is 5.73 Å². The van der Waals surface area contributed by atoms with Crippen molar-refractivity contribution in [2.24, 2.45) is 5.73 Å². The van der Waals surface area contributed by atoms with Gasteiger partial charge in [-0.2, -0.15) is 0 Å². The Kier molecular flexibility index (Phi) is 2.39. The van der Waals surface area contributed by atoms with Crippen molar-refractivity contribution in [1.82, 2.24) is 9.97 Å². The largest absolute Gasteiger partial charge is 0.324 e. The second-order valence-corrected chi connectivity index (χ2v) is 4.33. The van der Waals surface area contributed by atoms with Gasteiger partial charge in [0.05, 0.1) is 6.54 Å². The van der Waals surface area contributed by atoms with E-state index in [1.807, 2.05) is 0 Å². The Labute approximate surface area is 70.6 Å². The molecular weight excluding hydrogens is 178 g/mol. The lowest BCUT2D eigenvalue weighted by Crippen LogP contribution is -2.05. The van der Waals surface area contributed by atoms with E-state index < -0.39 is 9.84 Å². The van der Waals surface area contributed by atoms with Crippen LogP contribution >= 0.6 is 0 Å². The third-order valence-corrected chi connectivity index (χ3v) is 2.36. The van der Waals surface area contributed by atoms with Gasteiger partial charge in [-0.15, -0.1) is 0 Å². The quantitative estimate of drug-likeness (QED) is 0.664. The molecule has 66 valence electrons. The number of sulfone groups is 1. The van der Waals surface area contributed by atoms with E-state index in [0.717, 1.165) is 6.26 Å². The molecule has 1 rings (SSSR count). The molecule has 0 aliphatic rings. The summed E-state index contributed by atoms with van der Waals surface area (Å²) >= 11 is 0. The summed E-state index contributed by atoms with van der Waals surface area (Å²) in [6.07, 6.45) is 3.61. The summed E-state index contributed by atoms with van der Waals surface area (Å²) in [5, 5.41) is 0. The van der Waals surface area contributed by atoms with Gasteiger partial charge in [0.25, 0.3) is 0 Å². The highest BCUT2D eigenvalue weighted by Crippen LogP contribution is 2.03. The second-order valence-electron chi connectivity index (χ2n) is 2.31. The number of nitrogens with zero attached hydrogens (tertiary/aromatic N) is 2. The lowest BCUT2D eigenvalue weighted by Gasteiger charge is -1.97. The van der Waals surface area contributed by atoms with Crippen molar-refractivity contribution in [3.05, 3.63) is 18.2 Å². The first-order chi connectivity index (χ1) is 5.54. The van der Waals surface area contributed by atoms with Gasteiger partial charge in [0.2, 0.25) is 0 Å². The van der Waals surface area contributed by atoms with Gasteiger partial charge in [-0.3, -0.25) is 0 Å². The van der Waals surface area contributed by atoms with Crippen LogP contribution in [0.4, 0.5) is 0 Å². The molecule has 12 heavy (non-hydrogen) atoms. The lowest BCUT2D eigenvalue weighted by molar-refractivity contribution is 0.600. The summed E-state index contributed by atoms with van der Waals surface area (Å²) in [7, 11) is -3.19. The molecule has 0 atom stereocenters. The Bertz CT molecular complexity index is 357. The highest BCUT2D eigenvalue weighted by atomic mass is 32.2. The third kappa shape index (κ3) is 1.99. The van der Waals surface area contributed by atoms with E-state index in [2.05, 4.69) is 9.97 Å². The number of rotatable bonds is 2. The summed E-state index contributed by atoms with van der Waals surface area (Å²) in [5.74, 6) is 0.433. The first-order valence-electron chi connectivity index (χ1n) is 3.25. The molecule has 1 aromatic rings. The van der Waals surface area contributed by atoms with E-state index >= 15 is 0 Å². The average Bonchev–Trinajstić information content (AvgIpc) is 2.03. The standard InChI is InChI=1S/C6H9N3O2S/c1-12(10,11)5-3-8-6(2-7)9-4-5/h3-4H,2,7H2,1H3. The van der Waals surface area contributed by atoms with Crippen molar-refractivity contribution in [3.63, 3.8) is 0 Å². The van der Waals surface area contributed by atoms with Crippen LogP contribution in [0.1, 0.15) is 5.82 Å². The molecule has 2 N–H and O–H groups in total. The highest BCUT2D eigenvalue weighted by Gasteiger charge is 2.07. The first kappa shape index (κ1) is 9.08. The minimum absolute atomic E-state index is 0.111. The Morgan fingerprint density at radius 1 is 1.42 bits per heavy atom. The van der Waals surface area contributed by atoms with Gasteiger partial charge in [0.15, 0.2) is 9.84 Å². The smallest absolute Gasteiger partial charge is 0.178 e. The maximum atomic E-state index is 10.9. The molecule has 0 amide bonds. The maximum Gasteiger partial charge on any atom is 0.178 e. The number of nitrogens with two attached hydrogens (primary N) is 1. The van der Waals surface area contributed by atoms with Crippen LogP contribution in [0.25, 0.3) is 0 Å². The molecule has 0 spiro atoms. The molecule has 6 heteroatoms. The van der Waals surface area contributed by atoms with E-state index in [1.165, 1.54) is 12.4 Å². The van der Waals surface area contributed by atoms with Crippen LogP contribution in [-0.4, -0.2) is 24.6 Å². The van der Waals surface area contributed by atoms with Gasteiger partial charge < -0.3 is 5.73 Å². The molecule has 0 bridgehead atoms. The van der Waals surface area contributed by atoms with Crippen LogP contribution in [0, 0.1) is 0 Å². The monoisotopic (exact) mass is 187 g/mol. The van der Waals surface area contributed by atoms with E-state index in [4.69, 9.17) is 5.73 Å². The van der Waals surface area contributed by atoms with Gasteiger partial charge >= 0.3 is 0 Å². The highest BCUT2D eigenvalue weighted by molar-refractivity contribution is 7.90. The normalized spacial score (nSPS) is 11.5. The van der Waals surface area contributed by atoms with Gasteiger partial charge in [-0.05, 0) is 0 Å².